The molecule has 1 heterocycles. The van der Waals surface area contributed by atoms with Crippen molar-refractivity contribution in [3.63, 3.8) is 0 Å². The predicted molar refractivity (Wildman–Crippen MR) is 65.0 cm³/mol. The summed E-state index contributed by atoms with van der Waals surface area (Å²) in [5, 5.41) is 11.8. The number of benzene rings is 1. The molecule has 0 aliphatic carbocycles. The molecule has 3 nitrogen and oxygen atoms in total. The molecule has 0 radical (unpaired) electrons. The number of oxime groups is 1. The van der Waals surface area contributed by atoms with Gasteiger partial charge in [-0.05, 0) is 19.8 Å². The Balaban J connectivity index is 2.47. The third-order valence-electron chi connectivity index (χ3n) is 3.36. The second-order valence-corrected chi connectivity index (χ2v) is 4.45. The van der Waals surface area contributed by atoms with Crippen LogP contribution in [-0.4, -0.2) is 28.7 Å². The molecule has 2 unspecified atom stereocenters. The van der Waals surface area contributed by atoms with Crippen LogP contribution in [0.3, 0.4) is 0 Å². The monoisotopic (exact) mass is 254 g/mol. The summed E-state index contributed by atoms with van der Waals surface area (Å²) in [6, 6.07) is 8.19. The van der Waals surface area contributed by atoms with Gasteiger partial charge in [0.2, 0.25) is 5.79 Å². The van der Waals surface area contributed by atoms with Crippen LogP contribution >= 0.6 is 0 Å². The SMILES string of the molecule is CC(=NO)N1CCCC(F)C1(F)c1ccccc1. The molecule has 0 saturated carbocycles. The van der Waals surface area contributed by atoms with Gasteiger partial charge in [-0.25, -0.2) is 8.78 Å². The van der Waals surface area contributed by atoms with Crippen LogP contribution in [0.25, 0.3) is 0 Å². The molecular formula is C13H16F2N2O. The van der Waals surface area contributed by atoms with Gasteiger partial charge >= 0.3 is 0 Å². The van der Waals surface area contributed by atoms with Crippen LogP contribution < -0.4 is 0 Å². The molecule has 2 atom stereocenters. The summed E-state index contributed by atoms with van der Waals surface area (Å²) in [5.74, 6) is -2.17. The summed E-state index contributed by atoms with van der Waals surface area (Å²) in [5.41, 5.74) is 0.250. The molecule has 18 heavy (non-hydrogen) atoms. The van der Waals surface area contributed by atoms with E-state index in [0.29, 0.717) is 13.0 Å². The molecule has 98 valence electrons. The van der Waals surface area contributed by atoms with E-state index in [1.807, 2.05) is 0 Å². The first-order valence-corrected chi connectivity index (χ1v) is 5.95. The molecule has 1 saturated heterocycles. The highest BCUT2D eigenvalue weighted by Gasteiger charge is 2.49. The van der Waals surface area contributed by atoms with Crippen LogP contribution in [0.4, 0.5) is 8.78 Å². The third kappa shape index (κ3) is 1.94. The molecule has 1 aromatic carbocycles. The fourth-order valence-corrected chi connectivity index (χ4v) is 2.41. The number of amidine groups is 1. The molecule has 2 rings (SSSR count). The average Bonchev–Trinajstić information content (AvgIpc) is 2.42. The van der Waals surface area contributed by atoms with E-state index in [-0.39, 0.29) is 17.8 Å². The molecule has 0 bridgehead atoms. The Bertz CT molecular complexity index is 438. The fraction of sp³-hybridized carbons (Fsp3) is 0.462. The molecule has 1 aromatic rings. The molecule has 0 spiro atoms. The highest BCUT2D eigenvalue weighted by atomic mass is 19.2. The van der Waals surface area contributed by atoms with E-state index in [1.165, 1.54) is 11.8 Å². The maximum absolute atomic E-state index is 15.2. The smallest absolute Gasteiger partial charge is 0.240 e. The number of rotatable bonds is 1. The van der Waals surface area contributed by atoms with E-state index >= 15 is 4.39 Å². The Morgan fingerprint density at radius 1 is 1.44 bits per heavy atom. The maximum atomic E-state index is 15.2. The summed E-state index contributed by atoms with van der Waals surface area (Å²) >= 11 is 0. The van der Waals surface area contributed by atoms with E-state index in [2.05, 4.69) is 5.16 Å². The minimum atomic E-state index is -2.25. The Morgan fingerprint density at radius 2 is 2.11 bits per heavy atom. The van der Waals surface area contributed by atoms with Crippen molar-refractivity contribution >= 4 is 5.84 Å². The van der Waals surface area contributed by atoms with E-state index in [1.54, 1.807) is 30.3 Å². The highest BCUT2D eigenvalue weighted by Crippen LogP contribution is 2.41. The minimum Gasteiger partial charge on any atom is -0.409 e. The van der Waals surface area contributed by atoms with Crippen molar-refractivity contribution in [1.82, 2.24) is 4.90 Å². The largest absolute Gasteiger partial charge is 0.409 e. The fourth-order valence-electron chi connectivity index (χ4n) is 2.41. The second kappa shape index (κ2) is 4.92. The Hall–Kier alpha value is -1.65. The lowest BCUT2D eigenvalue weighted by Crippen LogP contribution is -2.55. The molecule has 5 heteroatoms. The topological polar surface area (TPSA) is 35.8 Å². The number of hydrogen-bond donors (Lipinski definition) is 1. The van der Waals surface area contributed by atoms with Gasteiger partial charge in [0.15, 0.2) is 6.17 Å². The molecule has 0 amide bonds. The minimum absolute atomic E-state index is 0.0868. The van der Waals surface area contributed by atoms with Crippen LogP contribution in [-0.2, 0) is 5.79 Å². The molecule has 1 aliphatic heterocycles. The highest BCUT2D eigenvalue weighted by molar-refractivity contribution is 5.80. The van der Waals surface area contributed by atoms with Crippen LogP contribution in [0.5, 0.6) is 0 Å². The third-order valence-corrected chi connectivity index (χ3v) is 3.36. The first kappa shape index (κ1) is 12.8. The first-order valence-electron chi connectivity index (χ1n) is 5.95. The van der Waals surface area contributed by atoms with E-state index in [4.69, 9.17) is 5.21 Å². The summed E-state index contributed by atoms with van der Waals surface area (Å²) in [6.45, 7) is 1.80. The molecule has 1 N–H and O–H groups in total. The summed E-state index contributed by atoms with van der Waals surface area (Å²) < 4.78 is 29.3. The van der Waals surface area contributed by atoms with Gasteiger partial charge in [0.05, 0.1) is 0 Å². The van der Waals surface area contributed by atoms with Crippen molar-refractivity contribution in [2.24, 2.45) is 5.16 Å². The molecule has 0 aromatic heterocycles. The van der Waals surface area contributed by atoms with Crippen molar-refractivity contribution < 1.29 is 14.0 Å². The van der Waals surface area contributed by atoms with Gasteiger partial charge in [-0.15, -0.1) is 0 Å². The van der Waals surface area contributed by atoms with Crippen LogP contribution in [0.2, 0.25) is 0 Å². The zero-order chi connectivity index (χ0) is 13.2. The number of nitrogens with zero attached hydrogens (tertiary/aromatic N) is 2. The lowest BCUT2D eigenvalue weighted by Gasteiger charge is -2.44. The number of piperidine rings is 1. The van der Waals surface area contributed by atoms with Gasteiger partial charge in [0.25, 0.3) is 0 Å². The van der Waals surface area contributed by atoms with Crippen molar-refractivity contribution in [2.45, 2.75) is 31.7 Å². The summed E-state index contributed by atoms with van der Waals surface area (Å²) in [7, 11) is 0. The van der Waals surface area contributed by atoms with E-state index < -0.39 is 12.0 Å². The van der Waals surface area contributed by atoms with E-state index in [0.717, 1.165) is 0 Å². The van der Waals surface area contributed by atoms with Crippen LogP contribution in [0.15, 0.2) is 35.5 Å². The number of likely N-dealkylation sites (tertiary alicyclic amines) is 1. The Morgan fingerprint density at radius 3 is 2.72 bits per heavy atom. The molecular weight excluding hydrogens is 238 g/mol. The predicted octanol–water partition coefficient (Wildman–Crippen LogP) is 3.05. The van der Waals surface area contributed by atoms with E-state index in [9.17, 15) is 4.39 Å². The first-order chi connectivity index (χ1) is 8.60. The number of halogens is 2. The van der Waals surface area contributed by atoms with Gasteiger partial charge in [-0.3, -0.25) is 0 Å². The van der Waals surface area contributed by atoms with Gasteiger partial charge < -0.3 is 10.1 Å². The normalized spacial score (nSPS) is 29.4. The Labute approximate surface area is 105 Å². The second-order valence-electron chi connectivity index (χ2n) is 4.45. The molecule has 1 aliphatic rings. The summed E-state index contributed by atoms with van der Waals surface area (Å²) in [4.78, 5) is 1.19. The number of hydrogen-bond acceptors (Lipinski definition) is 2. The maximum Gasteiger partial charge on any atom is 0.240 e. The van der Waals surface area contributed by atoms with Crippen LogP contribution in [0, 0.1) is 0 Å². The lowest BCUT2D eigenvalue weighted by atomic mass is 9.90. The lowest BCUT2D eigenvalue weighted by molar-refractivity contribution is -0.0888. The van der Waals surface area contributed by atoms with Crippen molar-refractivity contribution in [3.05, 3.63) is 35.9 Å². The van der Waals surface area contributed by atoms with Gasteiger partial charge in [-0.1, -0.05) is 35.5 Å². The zero-order valence-electron chi connectivity index (χ0n) is 10.2. The van der Waals surface area contributed by atoms with Crippen molar-refractivity contribution in [3.8, 4) is 0 Å². The zero-order valence-corrected chi connectivity index (χ0v) is 10.2. The average molecular weight is 254 g/mol. The van der Waals surface area contributed by atoms with Gasteiger partial charge in [0, 0.05) is 12.1 Å². The van der Waals surface area contributed by atoms with Crippen molar-refractivity contribution in [1.29, 1.82) is 0 Å². The molecule has 1 fully saturated rings. The van der Waals surface area contributed by atoms with Gasteiger partial charge in [0.1, 0.15) is 5.84 Å². The number of alkyl halides is 2. The van der Waals surface area contributed by atoms with Crippen molar-refractivity contribution in [2.75, 3.05) is 6.54 Å². The summed E-state index contributed by atoms with van der Waals surface area (Å²) in [6.07, 6.45) is -0.932. The Kier molecular flexibility index (Phi) is 3.50. The standard InChI is InChI=1S/C13H16F2N2O/c1-10(16-18)17-9-5-8-12(14)13(17,15)11-6-3-2-4-7-11/h2-4,6-7,12,18H,5,8-9H2,1H3. The quantitative estimate of drug-likeness (QED) is 0.275. The van der Waals surface area contributed by atoms with Crippen LogP contribution in [0.1, 0.15) is 25.3 Å². The van der Waals surface area contributed by atoms with Gasteiger partial charge in [-0.2, -0.15) is 0 Å².